The fraction of sp³-hybridized carbons (Fsp3) is 0.727. The second-order valence-corrected chi connectivity index (χ2v) is 9.84. The number of carbonyl (C=O) groups is 5. The summed E-state index contributed by atoms with van der Waals surface area (Å²) in [5, 5.41) is 7.21. The molecular formula is C22H36N4O8. The molecule has 0 spiro atoms. The quantitative estimate of drug-likeness (QED) is 0.230. The highest BCUT2D eigenvalue weighted by Crippen LogP contribution is 2.29. The molecule has 12 nitrogen and oxygen atoms in total. The first kappa shape index (κ1) is 28.9. The molecule has 0 heterocycles. The topological polar surface area (TPSA) is 161 Å². The number of alkyl carbamates (subject to hydrolysis) is 2. The molecule has 0 bridgehead atoms. The van der Waals surface area contributed by atoms with Gasteiger partial charge >= 0.3 is 18.2 Å². The first-order chi connectivity index (χ1) is 15.5. The van der Waals surface area contributed by atoms with Gasteiger partial charge in [0.25, 0.3) is 0 Å². The zero-order valence-corrected chi connectivity index (χ0v) is 21.1. The van der Waals surface area contributed by atoms with Crippen molar-refractivity contribution in [3.8, 4) is 0 Å². The molecule has 1 aliphatic carbocycles. The average Bonchev–Trinajstić information content (AvgIpc) is 2.95. The van der Waals surface area contributed by atoms with Crippen molar-refractivity contribution < 1.29 is 38.2 Å². The van der Waals surface area contributed by atoms with Crippen molar-refractivity contribution >= 4 is 35.8 Å². The van der Waals surface area contributed by atoms with Gasteiger partial charge in [0, 0.05) is 25.7 Å². The Morgan fingerprint density at radius 3 is 1.88 bits per heavy atom. The normalized spacial score (nSPS) is 18.9. The smallest absolute Gasteiger partial charge is 0.414 e. The van der Waals surface area contributed by atoms with Crippen LogP contribution in [0, 0.1) is 5.92 Å². The van der Waals surface area contributed by atoms with Crippen molar-refractivity contribution in [1.29, 1.82) is 0 Å². The Labute approximate surface area is 199 Å². The molecule has 12 heteroatoms. The van der Waals surface area contributed by atoms with Crippen LogP contribution in [0.1, 0.15) is 68.2 Å². The Hall–Kier alpha value is -3.18. The fourth-order valence-electron chi connectivity index (χ4n) is 3.20. The first-order valence-electron chi connectivity index (χ1n) is 11.0. The molecule has 34 heavy (non-hydrogen) atoms. The maximum atomic E-state index is 12.5. The lowest BCUT2D eigenvalue weighted by Crippen LogP contribution is -2.50. The van der Waals surface area contributed by atoms with Crippen LogP contribution in [0.15, 0.2) is 4.99 Å². The Morgan fingerprint density at radius 1 is 0.971 bits per heavy atom. The number of nitrogens with zero attached hydrogens (tertiary/aromatic N) is 1. The number of amides is 3. The monoisotopic (exact) mass is 484 g/mol. The van der Waals surface area contributed by atoms with Crippen LogP contribution in [0.5, 0.6) is 0 Å². The molecule has 0 saturated heterocycles. The number of Topliss-reactive ketones (excluding diaryl/α,β-unsaturated/α-hetero) is 1. The number of nitrogens with one attached hydrogen (secondary N) is 3. The van der Waals surface area contributed by atoms with Gasteiger partial charge in [-0.1, -0.05) is 0 Å². The number of ketones is 1. The third-order valence-corrected chi connectivity index (χ3v) is 4.26. The van der Waals surface area contributed by atoms with Crippen LogP contribution in [0.2, 0.25) is 0 Å². The van der Waals surface area contributed by atoms with Crippen molar-refractivity contribution in [2.75, 3.05) is 6.61 Å². The van der Waals surface area contributed by atoms with Crippen LogP contribution in [-0.2, 0) is 28.6 Å². The molecule has 1 saturated carbocycles. The van der Waals surface area contributed by atoms with E-state index in [2.05, 4.69) is 20.9 Å². The minimum absolute atomic E-state index is 0.0515. The minimum atomic E-state index is -1.14. The predicted molar refractivity (Wildman–Crippen MR) is 122 cm³/mol. The molecule has 3 N–H and O–H groups in total. The van der Waals surface area contributed by atoms with Gasteiger partial charge in [-0.25, -0.2) is 19.4 Å². The Morgan fingerprint density at radius 2 is 1.47 bits per heavy atom. The second-order valence-electron chi connectivity index (χ2n) is 9.84. The molecule has 3 unspecified atom stereocenters. The van der Waals surface area contributed by atoms with E-state index in [0.29, 0.717) is 0 Å². The van der Waals surface area contributed by atoms with Gasteiger partial charge in [-0.3, -0.25) is 20.2 Å². The third kappa shape index (κ3) is 10.6. The zero-order chi connectivity index (χ0) is 26.3. The van der Waals surface area contributed by atoms with Crippen LogP contribution >= 0.6 is 0 Å². The molecule has 0 aromatic heterocycles. The lowest BCUT2D eigenvalue weighted by molar-refractivity contribution is -0.149. The molecule has 1 fully saturated rings. The van der Waals surface area contributed by atoms with Crippen molar-refractivity contribution in [3.63, 3.8) is 0 Å². The van der Waals surface area contributed by atoms with Gasteiger partial charge in [-0.15, -0.1) is 0 Å². The summed E-state index contributed by atoms with van der Waals surface area (Å²) >= 11 is 0. The Bertz CT molecular complexity index is 794. The van der Waals surface area contributed by atoms with Crippen molar-refractivity contribution in [2.24, 2.45) is 10.9 Å². The van der Waals surface area contributed by atoms with E-state index in [0.717, 1.165) is 0 Å². The average molecular weight is 485 g/mol. The number of esters is 1. The predicted octanol–water partition coefficient (Wildman–Crippen LogP) is 1.81. The summed E-state index contributed by atoms with van der Waals surface area (Å²) in [7, 11) is 0. The van der Waals surface area contributed by atoms with Crippen molar-refractivity contribution in [1.82, 2.24) is 16.0 Å². The lowest BCUT2D eigenvalue weighted by Gasteiger charge is -2.26. The third-order valence-electron chi connectivity index (χ3n) is 4.26. The second kappa shape index (κ2) is 11.8. The van der Waals surface area contributed by atoms with E-state index in [1.807, 2.05) is 0 Å². The highest BCUT2D eigenvalue weighted by molar-refractivity contribution is 6.01. The maximum Gasteiger partial charge on any atom is 0.414 e. The Balaban J connectivity index is 3.28. The highest BCUT2D eigenvalue weighted by atomic mass is 16.6. The maximum absolute atomic E-state index is 12.5. The Kier molecular flexibility index (Phi) is 10.0. The number of ether oxygens (including phenoxy) is 3. The van der Waals surface area contributed by atoms with Crippen molar-refractivity contribution in [3.05, 3.63) is 0 Å². The van der Waals surface area contributed by atoms with Crippen LogP contribution in [0.25, 0.3) is 0 Å². The van der Waals surface area contributed by atoms with Gasteiger partial charge in [-0.05, 0) is 48.5 Å². The summed E-state index contributed by atoms with van der Waals surface area (Å²) < 4.78 is 15.5. The molecule has 3 amide bonds. The lowest BCUT2D eigenvalue weighted by atomic mass is 9.94. The molecule has 0 aromatic carbocycles. The van der Waals surface area contributed by atoms with Crippen LogP contribution in [0.4, 0.5) is 9.59 Å². The largest absolute Gasteiger partial charge is 0.464 e. The van der Waals surface area contributed by atoms with Crippen LogP contribution < -0.4 is 16.0 Å². The minimum Gasteiger partial charge on any atom is -0.464 e. The van der Waals surface area contributed by atoms with E-state index < -0.39 is 53.3 Å². The molecule has 3 atom stereocenters. The number of guanidine groups is 1. The summed E-state index contributed by atoms with van der Waals surface area (Å²) in [6, 6.07) is -1.99. The van der Waals surface area contributed by atoms with Gasteiger partial charge in [-0.2, -0.15) is 0 Å². The summed E-state index contributed by atoms with van der Waals surface area (Å²) in [6.07, 6.45) is -1.92. The molecule has 0 radical (unpaired) electrons. The number of hydrogen-bond acceptors (Lipinski definition) is 9. The van der Waals surface area contributed by atoms with Gasteiger partial charge < -0.3 is 19.5 Å². The molecular weight excluding hydrogens is 448 g/mol. The van der Waals surface area contributed by atoms with Gasteiger partial charge in [0.15, 0.2) is 0 Å². The van der Waals surface area contributed by atoms with E-state index >= 15 is 0 Å². The summed E-state index contributed by atoms with van der Waals surface area (Å²) in [5.41, 5.74) is -1.65. The molecule has 1 aliphatic rings. The van der Waals surface area contributed by atoms with Gasteiger partial charge in [0.2, 0.25) is 11.9 Å². The van der Waals surface area contributed by atoms with E-state index in [9.17, 15) is 24.0 Å². The van der Waals surface area contributed by atoms with Gasteiger partial charge in [0.1, 0.15) is 23.0 Å². The zero-order valence-electron chi connectivity index (χ0n) is 21.1. The van der Waals surface area contributed by atoms with E-state index in [-0.39, 0.29) is 31.2 Å². The van der Waals surface area contributed by atoms with Crippen molar-refractivity contribution in [2.45, 2.75) is 91.5 Å². The molecule has 0 aromatic rings. The highest BCUT2D eigenvalue weighted by Gasteiger charge is 2.43. The standard InChI is InChI=1S/C22H36N4O8/c1-9-32-17(29)16(23-12(2)27)14-10-13(28)11-15(14)24-18(25-19(30)33-21(3,4)5)26-20(31)34-22(6,7)8/h14-16H,9-11H2,1-8H3,(H,23,27)(H2,24,25,26,30,31). The number of aliphatic imine (C=N–C) groups is 1. The summed E-state index contributed by atoms with van der Waals surface area (Å²) in [5.74, 6) is -2.48. The first-order valence-corrected chi connectivity index (χ1v) is 11.0. The molecule has 1 rings (SSSR count). The number of rotatable bonds is 5. The van der Waals surface area contributed by atoms with Crippen LogP contribution in [0.3, 0.4) is 0 Å². The van der Waals surface area contributed by atoms with Crippen LogP contribution in [-0.4, -0.2) is 65.7 Å². The SMILES string of the molecule is CCOC(=O)C(NC(C)=O)C1CC(=O)CC1N=C(NC(=O)OC(C)(C)C)NC(=O)OC(C)(C)C. The molecule has 192 valence electrons. The summed E-state index contributed by atoms with van der Waals surface area (Å²) in [6.45, 7) is 12.9. The number of carbonyl (C=O) groups excluding carboxylic acids is 5. The van der Waals surface area contributed by atoms with E-state index in [1.54, 1.807) is 48.5 Å². The van der Waals surface area contributed by atoms with E-state index in [4.69, 9.17) is 14.2 Å². The fourth-order valence-corrected chi connectivity index (χ4v) is 3.20. The molecule has 0 aliphatic heterocycles. The number of hydrogen-bond donors (Lipinski definition) is 3. The van der Waals surface area contributed by atoms with E-state index in [1.165, 1.54) is 6.92 Å². The summed E-state index contributed by atoms with van der Waals surface area (Å²) in [4.78, 5) is 65.5. The van der Waals surface area contributed by atoms with Gasteiger partial charge in [0.05, 0.1) is 12.6 Å².